The number of thioether (sulfide) groups is 1. The zero-order valence-electron chi connectivity index (χ0n) is 16.8. The van der Waals surface area contributed by atoms with Crippen LogP contribution in [0.3, 0.4) is 0 Å². The van der Waals surface area contributed by atoms with Crippen LogP contribution in [0.4, 0.5) is 14.5 Å². The second kappa shape index (κ2) is 9.11. The van der Waals surface area contributed by atoms with E-state index in [2.05, 4.69) is 5.10 Å². The summed E-state index contributed by atoms with van der Waals surface area (Å²) in [7, 11) is 1.42. The van der Waals surface area contributed by atoms with Gasteiger partial charge in [-0.05, 0) is 62.2 Å². The van der Waals surface area contributed by atoms with Crippen LogP contribution in [0.25, 0.3) is 0 Å². The SMILES string of the molecule is CO[C@@H](C)C(=O)N1N=C(c2cc(F)ccc2F)SC1(CCCN)c1cccc(N)c1. The van der Waals surface area contributed by atoms with Crippen molar-refractivity contribution in [2.24, 2.45) is 10.8 Å². The molecule has 9 heteroatoms. The fraction of sp³-hybridized carbons (Fsp3) is 0.333. The van der Waals surface area contributed by atoms with Gasteiger partial charge in [-0.15, -0.1) is 0 Å². The first-order chi connectivity index (χ1) is 14.3. The van der Waals surface area contributed by atoms with Crippen molar-refractivity contribution >= 4 is 28.4 Å². The smallest absolute Gasteiger partial charge is 0.273 e. The van der Waals surface area contributed by atoms with Crippen molar-refractivity contribution in [2.75, 3.05) is 19.4 Å². The molecule has 0 aliphatic carbocycles. The first-order valence-electron chi connectivity index (χ1n) is 9.48. The van der Waals surface area contributed by atoms with Gasteiger partial charge in [0.25, 0.3) is 5.91 Å². The van der Waals surface area contributed by atoms with E-state index in [9.17, 15) is 13.6 Å². The van der Waals surface area contributed by atoms with Gasteiger partial charge >= 0.3 is 0 Å². The number of carbonyl (C=O) groups is 1. The summed E-state index contributed by atoms with van der Waals surface area (Å²) >= 11 is 1.18. The van der Waals surface area contributed by atoms with E-state index < -0.39 is 28.5 Å². The zero-order chi connectivity index (χ0) is 21.9. The second-order valence-electron chi connectivity index (χ2n) is 6.96. The topological polar surface area (TPSA) is 93.9 Å². The van der Waals surface area contributed by atoms with Crippen LogP contribution in [0.15, 0.2) is 47.6 Å². The van der Waals surface area contributed by atoms with Gasteiger partial charge in [-0.2, -0.15) is 5.10 Å². The lowest BCUT2D eigenvalue weighted by molar-refractivity contribution is -0.144. The molecule has 160 valence electrons. The number of methoxy groups -OCH3 is 1. The van der Waals surface area contributed by atoms with Crippen LogP contribution in [0.1, 0.15) is 30.9 Å². The Morgan fingerprint density at radius 1 is 1.30 bits per heavy atom. The summed E-state index contributed by atoms with van der Waals surface area (Å²) in [5.74, 6) is -1.63. The maximum absolute atomic E-state index is 14.5. The molecule has 3 rings (SSSR count). The summed E-state index contributed by atoms with van der Waals surface area (Å²) in [6, 6.07) is 10.2. The van der Waals surface area contributed by atoms with Crippen molar-refractivity contribution < 1.29 is 18.3 Å². The van der Waals surface area contributed by atoms with Crippen LogP contribution in [-0.2, 0) is 14.4 Å². The molecule has 1 heterocycles. The van der Waals surface area contributed by atoms with Crippen LogP contribution in [0.2, 0.25) is 0 Å². The highest BCUT2D eigenvalue weighted by Crippen LogP contribution is 2.51. The molecular formula is C21H24F2N4O2S. The largest absolute Gasteiger partial charge is 0.399 e. The number of halogens is 2. The third-order valence-electron chi connectivity index (χ3n) is 4.92. The first-order valence-corrected chi connectivity index (χ1v) is 10.3. The van der Waals surface area contributed by atoms with Gasteiger partial charge in [0.1, 0.15) is 27.7 Å². The summed E-state index contributed by atoms with van der Waals surface area (Å²) in [5.41, 5.74) is 13.0. The number of nitrogens with zero attached hydrogens (tertiary/aromatic N) is 2. The number of hydrogen-bond acceptors (Lipinski definition) is 6. The molecule has 1 aliphatic heterocycles. The van der Waals surface area contributed by atoms with Crippen LogP contribution in [0.5, 0.6) is 0 Å². The normalized spacial score (nSPS) is 19.6. The lowest BCUT2D eigenvalue weighted by atomic mass is 9.99. The Bertz CT molecular complexity index is 972. The van der Waals surface area contributed by atoms with Gasteiger partial charge in [-0.25, -0.2) is 13.8 Å². The number of nitrogen functional groups attached to an aromatic ring is 1. The number of anilines is 1. The average Bonchev–Trinajstić information content (AvgIpc) is 3.13. The van der Waals surface area contributed by atoms with Crippen molar-refractivity contribution in [1.82, 2.24) is 5.01 Å². The van der Waals surface area contributed by atoms with E-state index in [0.717, 1.165) is 18.2 Å². The summed E-state index contributed by atoms with van der Waals surface area (Å²) in [6.45, 7) is 1.99. The fourth-order valence-corrected chi connectivity index (χ4v) is 4.69. The highest BCUT2D eigenvalue weighted by molar-refractivity contribution is 8.15. The number of ether oxygens (including phenoxy) is 1. The Hall–Kier alpha value is -2.49. The van der Waals surface area contributed by atoms with Crippen LogP contribution in [-0.4, -0.2) is 35.7 Å². The molecule has 4 N–H and O–H groups in total. The van der Waals surface area contributed by atoms with Crippen molar-refractivity contribution in [3.05, 3.63) is 65.2 Å². The molecular weight excluding hydrogens is 410 g/mol. The molecule has 30 heavy (non-hydrogen) atoms. The van der Waals surface area contributed by atoms with Crippen LogP contribution in [0, 0.1) is 11.6 Å². The molecule has 0 bridgehead atoms. The van der Waals surface area contributed by atoms with Crippen LogP contribution < -0.4 is 11.5 Å². The number of rotatable bonds is 7. The van der Waals surface area contributed by atoms with Crippen molar-refractivity contribution in [3.63, 3.8) is 0 Å². The maximum atomic E-state index is 14.5. The zero-order valence-corrected chi connectivity index (χ0v) is 17.6. The molecule has 1 unspecified atom stereocenters. The summed E-state index contributed by atoms with van der Waals surface area (Å²) in [4.78, 5) is 12.2. The molecule has 0 aromatic heterocycles. The molecule has 0 fully saturated rings. The molecule has 0 spiro atoms. The van der Waals surface area contributed by atoms with Crippen molar-refractivity contribution in [2.45, 2.75) is 30.7 Å². The second-order valence-corrected chi connectivity index (χ2v) is 8.23. The third-order valence-corrected chi connectivity index (χ3v) is 6.37. The number of carbonyl (C=O) groups excluding carboxylic acids is 1. The maximum Gasteiger partial charge on any atom is 0.273 e. The minimum Gasteiger partial charge on any atom is -0.399 e. The quantitative estimate of drug-likeness (QED) is 0.652. The summed E-state index contributed by atoms with van der Waals surface area (Å²) in [6.07, 6.45) is 0.217. The fourth-order valence-electron chi connectivity index (χ4n) is 3.27. The molecule has 0 saturated heterocycles. The monoisotopic (exact) mass is 434 g/mol. The minimum atomic E-state index is -1.02. The van der Waals surface area contributed by atoms with Gasteiger partial charge in [-0.1, -0.05) is 23.9 Å². The number of hydrazone groups is 1. The molecule has 0 saturated carbocycles. The Balaban J connectivity index is 2.18. The minimum absolute atomic E-state index is 0.0126. The number of hydrogen-bond donors (Lipinski definition) is 2. The van der Waals surface area contributed by atoms with E-state index in [4.69, 9.17) is 16.2 Å². The molecule has 6 nitrogen and oxygen atoms in total. The lowest BCUT2D eigenvalue weighted by Crippen LogP contribution is -2.46. The highest BCUT2D eigenvalue weighted by Gasteiger charge is 2.49. The Morgan fingerprint density at radius 2 is 2.07 bits per heavy atom. The van der Waals surface area contributed by atoms with Gasteiger partial charge in [0.2, 0.25) is 0 Å². The molecule has 2 aromatic carbocycles. The van der Waals surface area contributed by atoms with Gasteiger partial charge < -0.3 is 16.2 Å². The van der Waals surface area contributed by atoms with Gasteiger partial charge in [-0.3, -0.25) is 4.79 Å². The van der Waals surface area contributed by atoms with E-state index in [0.29, 0.717) is 30.6 Å². The standard InChI is InChI=1S/C21H24F2N4O2S/c1-13(29-2)20(28)27-21(9-4-10-24,14-5-3-6-16(25)11-14)30-19(26-27)17-12-15(22)7-8-18(17)23/h3,5-8,11-13H,4,9-10,24-25H2,1-2H3/t13-,21?/m0/s1. The number of amides is 1. The van der Waals surface area contributed by atoms with E-state index in [1.165, 1.54) is 23.9 Å². The Labute approximate surface area is 178 Å². The lowest BCUT2D eigenvalue weighted by Gasteiger charge is -2.37. The number of nitrogens with two attached hydrogens (primary N) is 2. The molecule has 2 atom stereocenters. The first kappa shape index (κ1) is 22.2. The molecule has 0 radical (unpaired) electrons. The van der Waals surface area contributed by atoms with E-state index in [1.807, 2.05) is 6.07 Å². The summed E-state index contributed by atoms with van der Waals surface area (Å²) < 4.78 is 33.6. The van der Waals surface area contributed by atoms with Crippen LogP contribution >= 0.6 is 11.8 Å². The van der Waals surface area contributed by atoms with Crippen molar-refractivity contribution in [1.29, 1.82) is 0 Å². The predicted octanol–water partition coefficient (Wildman–Crippen LogP) is 3.41. The van der Waals surface area contributed by atoms with E-state index in [1.54, 1.807) is 25.1 Å². The Morgan fingerprint density at radius 3 is 2.73 bits per heavy atom. The Kier molecular flexibility index (Phi) is 6.74. The number of benzene rings is 2. The van der Waals surface area contributed by atoms with Crippen molar-refractivity contribution in [3.8, 4) is 0 Å². The predicted molar refractivity (Wildman–Crippen MR) is 115 cm³/mol. The molecule has 1 aliphatic rings. The molecule has 1 amide bonds. The third kappa shape index (κ3) is 4.19. The molecule has 2 aromatic rings. The average molecular weight is 435 g/mol. The van der Waals surface area contributed by atoms with E-state index >= 15 is 0 Å². The van der Waals surface area contributed by atoms with Gasteiger partial charge in [0, 0.05) is 18.4 Å². The van der Waals surface area contributed by atoms with Gasteiger partial charge in [0.05, 0.1) is 0 Å². The summed E-state index contributed by atoms with van der Waals surface area (Å²) in [5, 5.41) is 5.94. The van der Waals surface area contributed by atoms with E-state index in [-0.39, 0.29) is 10.6 Å². The highest BCUT2D eigenvalue weighted by atomic mass is 32.2. The van der Waals surface area contributed by atoms with Gasteiger partial charge in [0.15, 0.2) is 0 Å².